The minimum absolute atomic E-state index is 0.0432. The number of nitrogens with zero attached hydrogens (tertiary/aromatic N) is 2. The molecule has 1 aliphatic heterocycles. The van der Waals surface area contributed by atoms with Crippen molar-refractivity contribution in [2.45, 2.75) is 33.1 Å². The maximum atomic E-state index is 11.6. The van der Waals surface area contributed by atoms with E-state index in [9.17, 15) is 4.79 Å². The van der Waals surface area contributed by atoms with Crippen molar-refractivity contribution in [2.75, 3.05) is 18.0 Å². The fourth-order valence-corrected chi connectivity index (χ4v) is 3.81. The molecule has 0 saturated carbocycles. The van der Waals surface area contributed by atoms with E-state index >= 15 is 0 Å². The van der Waals surface area contributed by atoms with Crippen molar-refractivity contribution in [3.8, 4) is 10.6 Å². The molecule has 120 valence electrons. The fourth-order valence-electron chi connectivity index (χ4n) is 2.78. The summed E-state index contributed by atoms with van der Waals surface area (Å²) in [6.07, 6.45) is 3.55. The van der Waals surface area contributed by atoms with Gasteiger partial charge < -0.3 is 4.90 Å². The second-order valence-corrected chi connectivity index (χ2v) is 6.92. The SMILES string of the molecule is CCCCN(CCC)c1ccc2nc3ccc(=O)cc-3sc2c1. The molecule has 1 aromatic rings. The van der Waals surface area contributed by atoms with Crippen LogP contribution in [0.5, 0.6) is 0 Å². The first-order chi connectivity index (χ1) is 11.2. The molecular formula is C19H22N2OS. The molecule has 0 saturated heterocycles. The van der Waals surface area contributed by atoms with Crippen LogP contribution in [0.2, 0.25) is 0 Å². The Morgan fingerprint density at radius 1 is 1.04 bits per heavy atom. The number of hydrogen-bond donors (Lipinski definition) is 0. The topological polar surface area (TPSA) is 33.2 Å². The number of unbranched alkanes of at least 4 members (excludes halogenated alkanes) is 1. The van der Waals surface area contributed by atoms with Gasteiger partial charge in [0.25, 0.3) is 0 Å². The lowest BCUT2D eigenvalue weighted by molar-refractivity contribution is 0.704. The quantitative estimate of drug-likeness (QED) is 0.611. The minimum atomic E-state index is 0.0432. The standard InChI is InChI=1S/C19H22N2OS/c1-3-5-11-21(10-4-2)14-6-8-16-18(12-14)23-19-13-15(22)7-9-17(19)20-16/h6-9,12-13H,3-5,10-11H2,1-2H3. The van der Waals surface area contributed by atoms with E-state index in [0.717, 1.165) is 40.3 Å². The van der Waals surface area contributed by atoms with Crippen LogP contribution < -0.4 is 10.3 Å². The molecule has 3 rings (SSSR count). The molecule has 1 aromatic carbocycles. The van der Waals surface area contributed by atoms with Gasteiger partial charge >= 0.3 is 0 Å². The van der Waals surface area contributed by atoms with E-state index in [1.54, 1.807) is 23.5 Å². The van der Waals surface area contributed by atoms with E-state index in [2.05, 4.69) is 41.9 Å². The highest BCUT2D eigenvalue weighted by molar-refractivity contribution is 7.21. The zero-order chi connectivity index (χ0) is 16.2. The van der Waals surface area contributed by atoms with Crippen molar-refractivity contribution in [2.24, 2.45) is 0 Å². The van der Waals surface area contributed by atoms with E-state index in [0.29, 0.717) is 0 Å². The number of hydrogen-bond acceptors (Lipinski definition) is 4. The molecule has 23 heavy (non-hydrogen) atoms. The van der Waals surface area contributed by atoms with Crippen molar-refractivity contribution in [1.29, 1.82) is 0 Å². The number of benzene rings is 2. The first-order valence-corrected chi connectivity index (χ1v) is 9.12. The van der Waals surface area contributed by atoms with Crippen LogP contribution in [0, 0.1) is 0 Å². The average molecular weight is 326 g/mol. The molecule has 0 fully saturated rings. The van der Waals surface area contributed by atoms with Crippen molar-refractivity contribution < 1.29 is 0 Å². The Morgan fingerprint density at radius 3 is 2.70 bits per heavy atom. The molecule has 2 aliphatic rings. The highest BCUT2D eigenvalue weighted by Gasteiger charge is 2.10. The zero-order valence-electron chi connectivity index (χ0n) is 13.7. The molecule has 0 N–H and O–H groups in total. The Bertz CT molecular complexity index is 827. The summed E-state index contributed by atoms with van der Waals surface area (Å²) in [6, 6.07) is 11.6. The second-order valence-electron chi connectivity index (χ2n) is 5.84. The Morgan fingerprint density at radius 2 is 1.91 bits per heavy atom. The van der Waals surface area contributed by atoms with Crippen LogP contribution in [-0.4, -0.2) is 18.1 Å². The molecule has 0 aromatic heterocycles. The molecule has 0 bridgehead atoms. The molecule has 4 heteroatoms. The maximum Gasteiger partial charge on any atom is 0.180 e. The van der Waals surface area contributed by atoms with Crippen molar-refractivity contribution >= 4 is 27.2 Å². The predicted molar refractivity (Wildman–Crippen MR) is 99.9 cm³/mol. The summed E-state index contributed by atoms with van der Waals surface area (Å²) in [5, 5.41) is 0. The van der Waals surface area contributed by atoms with Gasteiger partial charge in [-0.15, -0.1) is 11.3 Å². The van der Waals surface area contributed by atoms with E-state index in [4.69, 9.17) is 0 Å². The number of anilines is 1. The first kappa shape index (κ1) is 15.9. The lowest BCUT2D eigenvalue weighted by Gasteiger charge is -2.24. The summed E-state index contributed by atoms with van der Waals surface area (Å²) < 4.78 is 1.14. The first-order valence-electron chi connectivity index (χ1n) is 8.31. The minimum Gasteiger partial charge on any atom is -0.372 e. The summed E-state index contributed by atoms with van der Waals surface area (Å²) in [5.74, 6) is 0. The van der Waals surface area contributed by atoms with E-state index in [1.165, 1.54) is 18.5 Å². The Kier molecular flexibility index (Phi) is 4.91. The molecule has 0 unspecified atom stereocenters. The molecule has 0 atom stereocenters. The van der Waals surface area contributed by atoms with Crippen LogP contribution in [0.1, 0.15) is 33.1 Å². The van der Waals surface area contributed by atoms with Gasteiger partial charge in [-0.25, -0.2) is 4.98 Å². The largest absolute Gasteiger partial charge is 0.372 e. The van der Waals surface area contributed by atoms with Crippen LogP contribution in [0.3, 0.4) is 0 Å². The molecular weight excluding hydrogens is 304 g/mol. The third kappa shape index (κ3) is 3.53. The maximum absolute atomic E-state index is 11.6. The van der Waals surface area contributed by atoms with Crippen LogP contribution >= 0.6 is 11.3 Å². The van der Waals surface area contributed by atoms with E-state index in [-0.39, 0.29) is 5.43 Å². The molecule has 1 aliphatic carbocycles. The van der Waals surface area contributed by atoms with Crippen molar-refractivity contribution in [3.05, 3.63) is 46.6 Å². The molecule has 3 nitrogen and oxygen atoms in total. The third-order valence-electron chi connectivity index (χ3n) is 3.98. The summed E-state index contributed by atoms with van der Waals surface area (Å²) >= 11 is 1.65. The van der Waals surface area contributed by atoms with Crippen LogP contribution in [0.25, 0.3) is 20.8 Å². The van der Waals surface area contributed by atoms with Gasteiger partial charge in [-0.05, 0) is 43.2 Å². The molecule has 1 heterocycles. The third-order valence-corrected chi connectivity index (χ3v) is 5.07. The van der Waals surface area contributed by atoms with Crippen molar-refractivity contribution in [1.82, 2.24) is 4.98 Å². The van der Waals surface area contributed by atoms with Gasteiger partial charge in [0.2, 0.25) is 0 Å². The monoisotopic (exact) mass is 326 g/mol. The van der Waals surface area contributed by atoms with Gasteiger partial charge in [-0.2, -0.15) is 0 Å². The number of rotatable bonds is 6. The van der Waals surface area contributed by atoms with Crippen molar-refractivity contribution in [3.63, 3.8) is 0 Å². The Labute approximate surface area is 140 Å². The number of fused-ring (bicyclic) bond motifs is 2. The summed E-state index contributed by atoms with van der Waals surface area (Å²) in [5.41, 5.74) is 3.19. The second kappa shape index (κ2) is 7.09. The average Bonchev–Trinajstić information content (AvgIpc) is 2.56. The lowest BCUT2D eigenvalue weighted by atomic mass is 10.2. The normalized spacial score (nSPS) is 11.2. The summed E-state index contributed by atoms with van der Waals surface area (Å²) in [7, 11) is 0. The van der Waals surface area contributed by atoms with Gasteiger partial charge in [0.1, 0.15) is 0 Å². The molecule has 0 radical (unpaired) electrons. The smallest absolute Gasteiger partial charge is 0.180 e. The van der Waals surface area contributed by atoms with Crippen LogP contribution in [0.15, 0.2) is 41.2 Å². The zero-order valence-corrected chi connectivity index (χ0v) is 14.5. The highest BCUT2D eigenvalue weighted by Crippen LogP contribution is 2.32. The van der Waals surface area contributed by atoms with Crippen LogP contribution in [0.4, 0.5) is 5.69 Å². The van der Waals surface area contributed by atoms with Gasteiger partial charge in [0.05, 0.1) is 20.8 Å². The summed E-state index contributed by atoms with van der Waals surface area (Å²) in [4.78, 5) is 19.7. The van der Waals surface area contributed by atoms with E-state index in [1.807, 2.05) is 6.07 Å². The van der Waals surface area contributed by atoms with Gasteiger partial charge in [0.15, 0.2) is 5.43 Å². The van der Waals surface area contributed by atoms with E-state index < -0.39 is 0 Å². The summed E-state index contributed by atoms with van der Waals surface area (Å²) in [6.45, 7) is 6.60. The molecule has 0 spiro atoms. The number of aromatic nitrogens is 1. The Balaban J connectivity index is 2.04. The van der Waals surface area contributed by atoms with Crippen LogP contribution in [-0.2, 0) is 0 Å². The predicted octanol–water partition coefficient (Wildman–Crippen LogP) is 4.78. The highest BCUT2D eigenvalue weighted by atomic mass is 32.1. The Hall–Kier alpha value is -1.94. The van der Waals surface area contributed by atoms with Gasteiger partial charge in [-0.3, -0.25) is 4.79 Å². The fraction of sp³-hybridized carbons (Fsp3) is 0.368. The molecule has 0 amide bonds. The van der Waals surface area contributed by atoms with Gasteiger partial charge in [-0.1, -0.05) is 20.3 Å². The van der Waals surface area contributed by atoms with Gasteiger partial charge in [0, 0.05) is 24.8 Å². The lowest BCUT2D eigenvalue weighted by Crippen LogP contribution is -2.25.